The molecule has 1 heterocycles. The molecule has 1 fully saturated rings. The van der Waals surface area contributed by atoms with Crippen molar-refractivity contribution in [2.45, 2.75) is 32.9 Å². The Balaban J connectivity index is 2.04. The van der Waals surface area contributed by atoms with Gasteiger partial charge >= 0.3 is 0 Å². The molecule has 2 rings (SSSR count). The smallest absolute Gasteiger partial charge is 0.0668 e. The van der Waals surface area contributed by atoms with Gasteiger partial charge in [-0.2, -0.15) is 0 Å². The number of para-hydroxylation sites is 1. The van der Waals surface area contributed by atoms with Crippen molar-refractivity contribution in [2.75, 3.05) is 31.6 Å². The molecule has 0 bridgehead atoms. The van der Waals surface area contributed by atoms with Crippen LogP contribution in [0.2, 0.25) is 0 Å². The predicted molar refractivity (Wildman–Crippen MR) is 75.9 cm³/mol. The molecule has 0 aromatic heterocycles. The number of anilines is 1. The van der Waals surface area contributed by atoms with E-state index in [4.69, 9.17) is 4.74 Å². The van der Waals surface area contributed by atoms with E-state index in [0.29, 0.717) is 6.04 Å². The quantitative estimate of drug-likeness (QED) is 0.837. The Labute approximate surface area is 110 Å². The molecule has 0 radical (unpaired) electrons. The molecule has 18 heavy (non-hydrogen) atoms. The average Bonchev–Trinajstić information content (AvgIpc) is 2.90. The second-order valence-corrected chi connectivity index (χ2v) is 4.82. The molecule has 1 aliphatic heterocycles. The molecule has 1 N–H and O–H groups in total. The summed E-state index contributed by atoms with van der Waals surface area (Å²) in [7, 11) is 0. The van der Waals surface area contributed by atoms with Crippen LogP contribution in [0.1, 0.15) is 25.8 Å². The van der Waals surface area contributed by atoms with Gasteiger partial charge < -0.3 is 10.1 Å². The first-order valence-electron chi connectivity index (χ1n) is 6.98. The summed E-state index contributed by atoms with van der Waals surface area (Å²) >= 11 is 0. The van der Waals surface area contributed by atoms with Gasteiger partial charge in [0.15, 0.2) is 0 Å². The minimum absolute atomic E-state index is 0.475. The van der Waals surface area contributed by atoms with Gasteiger partial charge in [-0.1, -0.05) is 32.0 Å². The van der Waals surface area contributed by atoms with Crippen molar-refractivity contribution < 1.29 is 4.74 Å². The third-order valence-corrected chi connectivity index (χ3v) is 3.60. The Morgan fingerprint density at radius 3 is 2.72 bits per heavy atom. The lowest BCUT2D eigenvalue weighted by Crippen LogP contribution is -2.24. The van der Waals surface area contributed by atoms with E-state index in [1.807, 2.05) is 0 Å². The topological polar surface area (TPSA) is 24.5 Å². The van der Waals surface area contributed by atoms with E-state index in [9.17, 15) is 0 Å². The monoisotopic (exact) mass is 248 g/mol. The fourth-order valence-corrected chi connectivity index (χ4v) is 2.36. The number of ether oxygens (including phenoxy) is 1. The Hall–Kier alpha value is -1.06. The number of hydrogen-bond acceptors (Lipinski definition) is 3. The summed E-state index contributed by atoms with van der Waals surface area (Å²) in [6, 6.07) is 9.09. The van der Waals surface area contributed by atoms with Crippen molar-refractivity contribution in [1.29, 1.82) is 0 Å². The molecule has 0 amide bonds. The molecule has 1 aromatic carbocycles. The van der Waals surface area contributed by atoms with E-state index in [2.05, 4.69) is 48.3 Å². The summed E-state index contributed by atoms with van der Waals surface area (Å²) in [5, 5.41) is 3.61. The molecule has 1 aliphatic rings. The molecular formula is C15H24N2O. The third-order valence-electron chi connectivity index (χ3n) is 3.60. The van der Waals surface area contributed by atoms with Gasteiger partial charge in [0.2, 0.25) is 0 Å². The first-order chi connectivity index (χ1) is 8.83. The zero-order valence-corrected chi connectivity index (χ0v) is 11.5. The van der Waals surface area contributed by atoms with E-state index in [1.54, 1.807) is 0 Å². The summed E-state index contributed by atoms with van der Waals surface area (Å²) in [5.74, 6) is 0. The minimum atomic E-state index is 0.475. The molecule has 0 aliphatic carbocycles. The molecule has 1 unspecified atom stereocenters. The van der Waals surface area contributed by atoms with Gasteiger partial charge in [-0.3, -0.25) is 4.90 Å². The maximum Gasteiger partial charge on any atom is 0.0668 e. The molecule has 3 nitrogen and oxygen atoms in total. The molecule has 3 heteroatoms. The second-order valence-electron chi connectivity index (χ2n) is 4.82. The highest BCUT2D eigenvalue weighted by Crippen LogP contribution is 2.20. The van der Waals surface area contributed by atoms with Gasteiger partial charge in [-0.15, -0.1) is 0 Å². The summed E-state index contributed by atoms with van der Waals surface area (Å²) in [6.45, 7) is 9.35. The molecular weight excluding hydrogens is 224 g/mol. The Kier molecular flexibility index (Phi) is 5.02. The van der Waals surface area contributed by atoms with E-state index < -0.39 is 0 Å². The lowest BCUT2D eigenvalue weighted by Gasteiger charge is -2.22. The zero-order chi connectivity index (χ0) is 12.8. The van der Waals surface area contributed by atoms with Crippen LogP contribution in [-0.2, 0) is 11.3 Å². The SMILES string of the molecule is CCN(CC)Cc1ccccc1NC1CCOC1. The number of nitrogens with one attached hydrogen (secondary N) is 1. The van der Waals surface area contributed by atoms with Crippen molar-refractivity contribution in [3.63, 3.8) is 0 Å². The van der Waals surface area contributed by atoms with Crippen LogP contribution < -0.4 is 5.32 Å². The van der Waals surface area contributed by atoms with Crippen LogP contribution in [0.5, 0.6) is 0 Å². The van der Waals surface area contributed by atoms with Crippen LogP contribution in [0.4, 0.5) is 5.69 Å². The number of hydrogen-bond donors (Lipinski definition) is 1. The minimum Gasteiger partial charge on any atom is -0.380 e. The first-order valence-corrected chi connectivity index (χ1v) is 6.98. The molecule has 1 aromatic rings. The van der Waals surface area contributed by atoms with Crippen LogP contribution in [0.3, 0.4) is 0 Å². The van der Waals surface area contributed by atoms with E-state index in [-0.39, 0.29) is 0 Å². The molecule has 1 saturated heterocycles. The van der Waals surface area contributed by atoms with Gasteiger partial charge in [0.25, 0.3) is 0 Å². The molecule has 100 valence electrons. The fourth-order valence-electron chi connectivity index (χ4n) is 2.36. The van der Waals surface area contributed by atoms with E-state index in [0.717, 1.165) is 39.3 Å². The fraction of sp³-hybridized carbons (Fsp3) is 0.600. The third kappa shape index (κ3) is 3.47. The average molecular weight is 248 g/mol. The van der Waals surface area contributed by atoms with Gasteiger partial charge in [-0.05, 0) is 31.1 Å². The highest BCUT2D eigenvalue weighted by Gasteiger charge is 2.16. The van der Waals surface area contributed by atoms with Crippen LogP contribution in [0.15, 0.2) is 24.3 Å². The molecule has 0 spiro atoms. The van der Waals surface area contributed by atoms with Gasteiger partial charge in [0.05, 0.1) is 12.6 Å². The van der Waals surface area contributed by atoms with Crippen molar-refractivity contribution in [2.24, 2.45) is 0 Å². The van der Waals surface area contributed by atoms with Gasteiger partial charge in [0, 0.05) is 18.8 Å². The van der Waals surface area contributed by atoms with Crippen LogP contribution in [0, 0.1) is 0 Å². The van der Waals surface area contributed by atoms with Gasteiger partial charge in [-0.25, -0.2) is 0 Å². The standard InChI is InChI=1S/C15H24N2O/c1-3-17(4-2)11-13-7-5-6-8-15(13)16-14-9-10-18-12-14/h5-8,14,16H,3-4,9-12H2,1-2H3. The van der Waals surface area contributed by atoms with Gasteiger partial charge in [0.1, 0.15) is 0 Å². The Morgan fingerprint density at radius 2 is 2.06 bits per heavy atom. The Morgan fingerprint density at radius 1 is 1.28 bits per heavy atom. The normalized spacial score (nSPS) is 19.4. The van der Waals surface area contributed by atoms with Crippen LogP contribution in [-0.4, -0.2) is 37.2 Å². The maximum absolute atomic E-state index is 5.42. The lowest BCUT2D eigenvalue weighted by atomic mass is 10.1. The summed E-state index contributed by atoms with van der Waals surface area (Å²) in [6.07, 6.45) is 1.11. The number of benzene rings is 1. The summed E-state index contributed by atoms with van der Waals surface area (Å²) in [4.78, 5) is 2.44. The van der Waals surface area contributed by atoms with Crippen molar-refractivity contribution >= 4 is 5.69 Å². The second kappa shape index (κ2) is 6.76. The summed E-state index contributed by atoms with van der Waals surface area (Å²) in [5.41, 5.74) is 2.65. The highest BCUT2D eigenvalue weighted by atomic mass is 16.5. The van der Waals surface area contributed by atoms with E-state index >= 15 is 0 Å². The predicted octanol–water partition coefficient (Wildman–Crippen LogP) is 2.73. The number of nitrogens with zero attached hydrogens (tertiary/aromatic N) is 1. The number of rotatable bonds is 6. The first kappa shape index (κ1) is 13.4. The molecule has 1 atom stereocenters. The highest BCUT2D eigenvalue weighted by molar-refractivity contribution is 5.51. The van der Waals surface area contributed by atoms with E-state index in [1.165, 1.54) is 11.3 Å². The lowest BCUT2D eigenvalue weighted by molar-refractivity contribution is 0.195. The van der Waals surface area contributed by atoms with Crippen molar-refractivity contribution in [3.05, 3.63) is 29.8 Å². The largest absolute Gasteiger partial charge is 0.380 e. The zero-order valence-electron chi connectivity index (χ0n) is 11.5. The van der Waals surface area contributed by atoms with Crippen LogP contribution >= 0.6 is 0 Å². The summed E-state index contributed by atoms with van der Waals surface area (Å²) < 4.78 is 5.42. The maximum atomic E-state index is 5.42. The Bertz CT molecular complexity index is 334. The molecule has 0 saturated carbocycles. The van der Waals surface area contributed by atoms with Crippen LogP contribution in [0.25, 0.3) is 0 Å². The van der Waals surface area contributed by atoms with Crippen molar-refractivity contribution in [3.8, 4) is 0 Å². The van der Waals surface area contributed by atoms with Crippen molar-refractivity contribution in [1.82, 2.24) is 4.90 Å².